The van der Waals surface area contributed by atoms with Crippen LogP contribution in [0, 0.1) is 0 Å². The van der Waals surface area contributed by atoms with Gasteiger partial charge in [0.25, 0.3) is 0 Å². The number of thioether (sulfide) groups is 1. The van der Waals surface area contributed by atoms with E-state index in [1.54, 1.807) is 0 Å². The molecule has 0 aliphatic heterocycles. The topological polar surface area (TPSA) is 12.0 Å². The lowest BCUT2D eigenvalue weighted by Crippen LogP contribution is -2.33. The fourth-order valence-corrected chi connectivity index (χ4v) is 3.92. The smallest absolute Gasteiger partial charge is 0.0417 e. The van der Waals surface area contributed by atoms with Gasteiger partial charge in [0.1, 0.15) is 0 Å². The van der Waals surface area contributed by atoms with Crippen molar-refractivity contribution in [1.82, 2.24) is 5.32 Å². The summed E-state index contributed by atoms with van der Waals surface area (Å²) in [5.74, 6) is 0. The molecule has 0 radical (unpaired) electrons. The molecule has 88 valence electrons. The molecule has 0 aromatic heterocycles. The van der Waals surface area contributed by atoms with Crippen LogP contribution in [0.15, 0.2) is 29.2 Å². The molecule has 0 spiro atoms. The van der Waals surface area contributed by atoms with Gasteiger partial charge in [0, 0.05) is 21.2 Å². The molecule has 3 heteroatoms. The first-order valence-corrected chi connectivity index (χ1v) is 7.21. The van der Waals surface area contributed by atoms with Crippen molar-refractivity contribution in [2.75, 3.05) is 6.54 Å². The highest BCUT2D eigenvalue weighted by atomic mass is 35.5. The van der Waals surface area contributed by atoms with E-state index in [0.29, 0.717) is 11.3 Å². The van der Waals surface area contributed by atoms with Gasteiger partial charge in [-0.15, -0.1) is 11.8 Å². The number of hydrogen-bond donors (Lipinski definition) is 1. The molecule has 16 heavy (non-hydrogen) atoms. The summed E-state index contributed by atoms with van der Waals surface area (Å²) >= 11 is 7.97. The van der Waals surface area contributed by atoms with Gasteiger partial charge in [-0.1, -0.05) is 31.0 Å². The molecule has 0 saturated heterocycles. The van der Waals surface area contributed by atoms with Crippen LogP contribution in [-0.2, 0) is 0 Å². The first-order chi connectivity index (χ1) is 7.79. The van der Waals surface area contributed by atoms with Crippen molar-refractivity contribution >= 4 is 23.4 Å². The highest BCUT2D eigenvalue weighted by Crippen LogP contribution is 2.35. The van der Waals surface area contributed by atoms with Crippen molar-refractivity contribution in [2.24, 2.45) is 0 Å². The van der Waals surface area contributed by atoms with E-state index in [4.69, 9.17) is 11.6 Å². The summed E-state index contributed by atoms with van der Waals surface area (Å²) in [4.78, 5) is 1.29. The molecule has 0 heterocycles. The minimum atomic E-state index is 0.675. The molecule has 1 aromatic carbocycles. The minimum absolute atomic E-state index is 0.675. The quantitative estimate of drug-likeness (QED) is 0.874. The fraction of sp³-hybridized carbons (Fsp3) is 0.538. The maximum atomic E-state index is 6.00. The molecule has 1 saturated carbocycles. The second kappa shape index (κ2) is 5.95. The summed E-state index contributed by atoms with van der Waals surface area (Å²) in [5.41, 5.74) is 0. The third-order valence-corrected chi connectivity index (χ3v) is 4.63. The summed E-state index contributed by atoms with van der Waals surface area (Å²) < 4.78 is 0. The summed E-state index contributed by atoms with van der Waals surface area (Å²) in [6.07, 6.45) is 3.97. The van der Waals surface area contributed by atoms with E-state index in [0.717, 1.165) is 11.6 Å². The van der Waals surface area contributed by atoms with Crippen molar-refractivity contribution in [1.29, 1.82) is 0 Å². The van der Waals surface area contributed by atoms with E-state index >= 15 is 0 Å². The van der Waals surface area contributed by atoms with Crippen LogP contribution in [0.25, 0.3) is 0 Å². The van der Waals surface area contributed by atoms with E-state index in [-0.39, 0.29) is 0 Å². The van der Waals surface area contributed by atoms with Crippen LogP contribution < -0.4 is 5.32 Å². The predicted octanol–water partition coefficient (Wildman–Crippen LogP) is 3.96. The molecule has 1 N–H and O–H groups in total. The van der Waals surface area contributed by atoms with Crippen LogP contribution in [0.5, 0.6) is 0 Å². The van der Waals surface area contributed by atoms with Crippen LogP contribution in [0.1, 0.15) is 26.2 Å². The van der Waals surface area contributed by atoms with Crippen molar-refractivity contribution in [3.63, 3.8) is 0 Å². The van der Waals surface area contributed by atoms with Gasteiger partial charge in [-0.05, 0) is 37.6 Å². The lowest BCUT2D eigenvalue weighted by Gasteiger charge is -2.19. The first-order valence-electron chi connectivity index (χ1n) is 5.95. The largest absolute Gasteiger partial charge is 0.313 e. The van der Waals surface area contributed by atoms with Gasteiger partial charge in [0.15, 0.2) is 0 Å². The molecular weight excluding hydrogens is 238 g/mol. The van der Waals surface area contributed by atoms with Crippen molar-refractivity contribution < 1.29 is 0 Å². The first kappa shape index (κ1) is 12.3. The maximum absolute atomic E-state index is 6.00. The van der Waals surface area contributed by atoms with Crippen molar-refractivity contribution in [2.45, 2.75) is 42.4 Å². The average Bonchev–Trinajstić information content (AvgIpc) is 2.66. The standard InChI is InChI=1S/C13H18ClNS/c1-2-15-12-7-4-8-13(12)16-11-6-3-5-10(14)9-11/h3,5-6,9,12-13,15H,2,4,7-8H2,1H3. The minimum Gasteiger partial charge on any atom is -0.313 e. The molecule has 0 bridgehead atoms. The Bertz CT molecular complexity index is 342. The van der Waals surface area contributed by atoms with E-state index in [1.807, 2.05) is 23.9 Å². The zero-order chi connectivity index (χ0) is 11.4. The Balaban J connectivity index is 1.98. The van der Waals surface area contributed by atoms with Gasteiger partial charge in [0.05, 0.1) is 0 Å². The van der Waals surface area contributed by atoms with Gasteiger partial charge < -0.3 is 5.32 Å². The Morgan fingerprint density at radius 3 is 3.06 bits per heavy atom. The number of hydrogen-bond acceptors (Lipinski definition) is 2. The van der Waals surface area contributed by atoms with Gasteiger partial charge in [-0.25, -0.2) is 0 Å². The molecule has 1 nitrogen and oxygen atoms in total. The Morgan fingerprint density at radius 1 is 1.44 bits per heavy atom. The molecule has 1 fully saturated rings. The zero-order valence-corrected chi connectivity index (χ0v) is 11.2. The predicted molar refractivity (Wildman–Crippen MR) is 72.4 cm³/mol. The van der Waals surface area contributed by atoms with Crippen LogP contribution in [0.2, 0.25) is 5.02 Å². The van der Waals surface area contributed by atoms with E-state index in [2.05, 4.69) is 24.4 Å². The number of rotatable bonds is 4. The molecule has 1 aliphatic rings. The van der Waals surface area contributed by atoms with Gasteiger partial charge in [-0.2, -0.15) is 0 Å². The highest BCUT2D eigenvalue weighted by Gasteiger charge is 2.27. The third kappa shape index (κ3) is 3.16. The molecule has 2 rings (SSSR count). The van der Waals surface area contributed by atoms with E-state index in [9.17, 15) is 0 Å². The zero-order valence-electron chi connectivity index (χ0n) is 9.58. The monoisotopic (exact) mass is 255 g/mol. The molecule has 2 atom stereocenters. The van der Waals surface area contributed by atoms with Crippen molar-refractivity contribution in [3.8, 4) is 0 Å². The van der Waals surface area contributed by atoms with Crippen molar-refractivity contribution in [3.05, 3.63) is 29.3 Å². The van der Waals surface area contributed by atoms with Gasteiger partial charge >= 0.3 is 0 Å². The summed E-state index contributed by atoms with van der Waals surface area (Å²) in [7, 11) is 0. The second-order valence-electron chi connectivity index (χ2n) is 4.21. The third-order valence-electron chi connectivity index (χ3n) is 3.00. The average molecular weight is 256 g/mol. The normalized spacial score (nSPS) is 24.9. The Kier molecular flexibility index (Phi) is 4.56. The number of benzene rings is 1. The Hall–Kier alpha value is -0.180. The highest BCUT2D eigenvalue weighted by molar-refractivity contribution is 8.00. The lowest BCUT2D eigenvalue weighted by molar-refractivity contribution is 0.551. The maximum Gasteiger partial charge on any atom is 0.0417 e. The number of halogens is 1. The molecule has 0 amide bonds. The van der Waals surface area contributed by atoms with Crippen LogP contribution in [0.4, 0.5) is 0 Å². The van der Waals surface area contributed by atoms with Gasteiger partial charge in [0.2, 0.25) is 0 Å². The lowest BCUT2D eigenvalue weighted by atomic mass is 10.2. The van der Waals surface area contributed by atoms with E-state index in [1.165, 1.54) is 24.2 Å². The van der Waals surface area contributed by atoms with Crippen LogP contribution in [-0.4, -0.2) is 17.8 Å². The molecule has 1 aliphatic carbocycles. The summed E-state index contributed by atoms with van der Waals surface area (Å²) in [6.45, 7) is 3.25. The molecule has 2 unspecified atom stereocenters. The number of nitrogens with one attached hydrogen (secondary N) is 1. The summed E-state index contributed by atoms with van der Waals surface area (Å²) in [6, 6.07) is 8.85. The van der Waals surface area contributed by atoms with E-state index < -0.39 is 0 Å². The SMILES string of the molecule is CCNC1CCCC1Sc1cccc(Cl)c1. The second-order valence-corrected chi connectivity index (χ2v) is 5.96. The molecule has 1 aromatic rings. The Morgan fingerprint density at radius 2 is 2.31 bits per heavy atom. The van der Waals surface area contributed by atoms with Crippen LogP contribution in [0.3, 0.4) is 0 Å². The van der Waals surface area contributed by atoms with Crippen LogP contribution >= 0.6 is 23.4 Å². The fourth-order valence-electron chi connectivity index (χ4n) is 2.28. The Labute approximate surface area is 107 Å². The molecular formula is C13H18ClNS. The summed E-state index contributed by atoms with van der Waals surface area (Å²) in [5, 5.41) is 5.12. The van der Waals surface area contributed by atoms with Gasteiger partial charge in [-0.3, -0.25) is 0 Å².